The van der Waals surface area contributed by atoms with E-state index in [4.69, 9.17) is 5.73 Å². The largest absolute Gasteiger partial charge is 0.319 e. The first-order valence-electron chi connectivity index (χ1n) is 7.29. The Balaban J connectivity index is 1.69. The Morgan fingerprint density at radius 3 is 2.28 bits per heavy atom. The van der Waals surface area contributed by atoms with Gasteiger partial charge in [0.05, 0.1) is 5.54 Å². The van der Waals surface area contributed by atoms with E-state index in [1.807, 2.05) is 0 Å². The molecule has 1 aromatic heterocycles. The average molecular weight is 246 g/mol. The van der Waals surface area contributed by atoms with Gasteiger partial charge in [0.2, 0.25) is 0 Å². The first-order chi connectivity index (χ1) is 8.64. The molecule has 0 amide bonds. The average Bonchev–Trinajstić information content (AvgIpc) is 2.80. The molecule has 1 heterocycles. The van der Waals surface area contributed by atoms with Crippen LogP contribution < -0.4 is 5.73 Å². The highest BCUT2D eigenvalue weighted by molar-refractivity contribution is 5.11. The Hall–Kier alpha value is -0.900. The smallest absolute Gasteiger partial charge is 0.144 e. The molecule has 4 fully saturated rings. The molecule has 0 aromatic carbocycles. The molecular formula is C14H22N4. The quantitative estimate of drug-likeness (QED) is 0.839. The Morgan fingerprint density at radius 2 is 1.78 bits per heavy atom. The van der Waals surface area contributed by atoms with Crippen LogP contribution in [0.5, 0.6) is 0 Å². The summed E-state index contributed by atoms with van der Waals surface area (Å²) in [6, 6.07) is 0. The van der Waals surface area contributed by atoms with E-state index in [0.717, 1.165) is 29.5 Å². The third-order valence-electron chi connectivity index (χ3n) is 5.84. The number of nitrogens with zero attached hydrogens (tertiary/aromatic N) is 2. The SMILES string of the molecule is CC(N)(c1ncn[nH]1)C1C2CC3CC(C2)CC1C3. The molecule has 1 atom stereocenters. The lowest BCUT2D eigenvalue weighted by Gasteiger charge is -2.58. The van der Waals surface area contributed by atoms with E-state index >= 15 is 0 Å². The normalized spacial score (nSPS) is 45.1. The second kappa shape index (κ2) is 3.56. The number of hydrogen-bond donors (Lipinski definition) is 2. The van der Waals surface area contributed by atoms with E-state index in [-0.39, 0.29) is 5.54 Å². The molecular weight excluding hydrogens is 224 g/mol. The van der Waals surface area contributed by atoms with Crippen LogP contribution in [0.3, 0.4) is 0 Å². The van der Waals surface area contributed by atoms with Crippen LogP contribution in [0.15, 0.2) is 6.33 Å². The molecule has 3 N–H and O–H groups in total. The molecule has 4 bridgehead atoms. The summed E-state index contributed by atoms with van der Waals surface area (Å²) in [5.74, 6) is 5.10. The van der Waals surface area contributed by atoms with Gasteiger partial charge in [0.1, 0.15) is 12.2 Å². The van der Waals surface area contributed by atoms with Crippen LogP contribution in [0.25, 0.3) is 0 Å². The molecule has 1 aromatic rings. The van der Waals surface area contributed by atoms with E-state index in [1.165, 1.54) is 32.1 Å². The Labute approximate surface area is 108 Å². The zero-order chi connectivity index (χ0) is 12.3. The number of H-pyrrole nitrogens is 1. The summed E-state index contributed by atoms with van der Waals surface area (Å²) in [6.45, 7) is 2.15. The highest BCUT2D eigenvalue weighted by Crippen LogP contribution is 2.59. The van der Waals surface area contributed by atoms with E-state index in [1.54, 1.807) is 6.33 Å². The monoisotopic (exact) mass is 246 g/mol. The number of rotatable bonds is 2. The summed E-state index contributed by atoms with van der Waals surface area (Å²) in [5.41, 5.74) is 6.34. The number of nitrogens with two attached hydrogens (primary N) is 1. The Morgan fingerprint density at radius 1 is 1.17 bits per heavy atom. The van der Waals surface area contributed by atoms with Gasteiger partial charge in [-0.3, -0.25) is 5.10 Å². The number of hydrogen-bond acceptors (Lipinski definition) is 3. The minimum atomic E-state index is -0.334. The fourth-order valence-corrected chi connectivity index (χ4v) is 5.53. The molecule has 98 valence electrons. The molecule has 5 rings (SSSR count). The van der Waals surface area contributed by atoms with Crippen LogP contribution in [0.2, 0.25) is 0 Å². The maximum Gasteiger partial charge on any atom is 0.144 e. The molecule has 1 unspecified atom stereocenters. The van der Waals surface area contributed by atoms with Gasteiger partial charge in [0.25, 0.3) is 0 Å². The lowest BCUT2D eigenvalue weighted by Crippen LogP contribution is -2.56. The van der Waals surface area contributed by atoms with Crippen molar-refractivity contribution in [3.8, 4) is 0 Å². The summed E-state index contributed by atoms with van der Waals surface area (Å²) in [5, 5.41) is 6.99. The van der Waals surface area contributed by atoms with E-state index in [2.05, 4.69) is 22.1 Å². The van der Waals surface area contributed by atoms with E-state index in [0.29, 0.717) is 5.92 Å². The van der Waals surface area contributed by atoms with Crippen LogP contribution >= 0.6 is 0 Å². The Kier molecular flexibility index (Phi) is 2.17. The number of aromatic nitrogens is 3. The molecule has 4 heteroatoms. The van der Waals surface area contributed by atoms with Crippen molar-refractivity contribution >= 4 is 0 Å². The highest BCUT2D eigenvalue weighted by Gasteiger charge is 2.54. The van der Waals surface area contributed by atoms with Crippen molar-refractivity contribution in [3.05, 3.63) is 12.2 Å². The van der Waals surface area contributed by atoms with Crippen molar-refractivity contribution < 1.29 is 0 Å². The number of aromatic amines is 1. The fraction of sp³-hybridized carbons (Fsp3) is 0.857. The second-order valence-electron chi connectivity index (χ2n) is 7.07. The van der Waals surface area contributed by atoms with Gasteiger partial charge in [-0.15, -0.1) is 0 Å². The van der Waals surface area contributed by atoms with Gasteiger partial charge in [-0.25, -0.2) is 4.98 Å². The molecule has 0 spiro atoms. The molecule has 0 radical (unpaired) electrons. The van der Waals surface area contributed by atoms with E-state index in [9.17, 15) is 0 Å². The first-order valence-corrected chi connectivity index (χ1v) is 7.29. The van der Waals surface area contributed by atoms with Gasteiger partial charge >= 0.3 is 0 Å². The van der Waals surface area contributed by atoms with Crippen molar-refractivity contribution in [2.75, 3.05) is 0 Å². The van der Waals surface area contributed by atoms with Crippen LogP contribution in [-0.2, 0) is 5.54 Å². The number of nitrogens with one attached hydrogen (secondary N) is 1. The molecule has 0 saturated heterocycles. The third kappa shape index (κ3) is 1.41. The molecule has 18 heavy (non-hydrogen) atoms. The minimum absolute atomic E-state index is 0.334. The van der Waals surface area contributed by atoms with Crippen LogP contribution in [0.1, 0.15) is 44.9 Å². The summed E-state index contributed by atoms with van der Waals surface area (Å²) >= 11 is 0. The highest BCUT2D eigenvalue weighted by atomic mass is 15.2. The van der Waals surface area contributed by atoms with Crippen molar-refractivity contribution in [2.24, 2.45) is 35.3 Å². The Bertz CT molecular complexity index is 409. The zero-order valence-corrected chi connectivity index (χ0v) is 11.0. The fourth-order valence-electron chi connectivity index (χ4n) is 5.53. The van der Waals surface area contributed by atoms with Gasteiger partial charge in [-0.1, -0.05) is 0 Å². The summed E-state index contributed by atoms with van der Waals surface area (Å²) < 4.78 is 0. The summed E-state index contributed by atoms with van der Waals surface area (Å²) in [7, 11) is 0. The van der Waals surface area contributed by atoms with Crippen molar-refractivity contribution in [1.29, 1.82) is 0 Å². The second-order valence-corrected chi connectivity index (χ2v) is 7.07. The van der Waals surface area contributed by atoms with Gasteiger partial charge < -0.3 is 5.73 Å². The minimum Gasteiger partial charge on any atom is -0.319 e. The standard InChI is InChI=1S/C14H22N4/c1-14(15,13-16-7-17-18-13)12-10-3-8-2-9(5-10)6-11(12)4-8/h7-12H,2-6,15H2,1H3,(H,16,17,18). The predicted molar refractivity (Wildman–Crippen MR) is 68.5 cm³/mol. The van der Waals surface area contributed by atoms with Crippen molar-refractivity contribution in [3.63, 3.8) is 0 Å². The van der Waals surface area contributed by atoms with Crippen molar-refractivity contribution in [1.82, 2.24) is 15.2 Å². The maximum absolute atomic E-state index is 6.67. The molecule has 4 aliphatic rings. The van der Waals surface area contributed by atoms with Gasteiger partial charge in [0, 0.05) is 0 Å². The van der Waals surface area contributed by atoms with Crippen LogP contribution in [0.4, 0.5) is 0 Å². The third-order valence-corrected chi connectivity index (χ3v) is 5.84. The van der Waals surface area contributed by atoms with Crippen LogP contribution in [0, 0.1) is 29.6 Å². The predicted octanol–water partition coefficient (Wildman–Crippen LogP) is 2.05. The maximum atomic E-state index is 6.67. The molecule has 4 nitrogen and oxygen atoms in total. The lowest BCUT2D eigenvalue weighted by molar-refractivity contribution is -0.0693. The molecule has 0 aliphatic heterocycles. The zero-order valence-electron chi connectivity index (χ0n) is 11.0. The van der Waals surface area contributed by atoms with Gasteiger partial charge in [-0.2, -0.15) is 5.10 Å². The van der Waals surface area contributed by atoms with Crippen molar-refractivity contribution in [2.45, 2.75) is 44.6 Å². The first kappa shape index (κ1) is 11.0. The van der Waals surface area contributed by atoms with Gasteiger partial charge in [0.15, 0.2) is 0 Å². The molecule has 4 aliphatic carbocycles. The summed E-state index contributed by atoms with van der Waals surface area (Å²) in [6.07, 6.45) is 8.67. The topological polar surface area (TPSA) is 67.6 Å². The van der Waals surface area contributed by atoms with Gasteiger partial charge in [-0.05, 0) is 68.6 Å². The molecule has 4 saturated carbocycles. The summed E-state index contributed by atoms with van der Waals surface area (Å²) in [4.78, 5) is 4.33. The van der Waals surface area contributed by atoms with E-state index < -0.39 is 0 Å². The van der Waals surface area contributed by atoms with Crippen LogP contribution in [-0.4, -0.2) is 15.2 Å². The lowest BCUT2D eigenvalue weighted by atomic mass is 9.48.